The molecule has 3 aromatic rings. The maximum Gasteiger partial charge on any atom is 0.338 e. The molecule has 3 heterocycles. The average Bonchev–Trinajstić information content (AvgIpc) is 3.41. The van der Waals surface area contributed by atoms with Crippen LogP contribution < -0.4 is 19.6 Å². The molecular weight excluding hydrogens is 432 g/mol. The third-order valence-electron chi connectivity index (χ3n) is 4.79. The zero-order valence-corrected chi connectivity index (χ0v) is 18.7. The van der Waals surface area contributed by atoms with Gasteiger partial charge in [0.25, 0.3) is 5.56 Å². The van der Waals surface area contributed by atoms with Gasteiger partial charge in [-0.15, -0.1) is 11.3 Å². The lowest BCUT2D eigenvalue weighted by Gasteiger charge is -2.22. The van der Waals surface area contributed by atoms with Gasteiger partial charge >= 0.3 is 5.97 Å². The molecule has 0 amide bonds. The summed E-state index contributed by atoms with van der Waals surface area (Å²) < 4.78 is 12.6. The van der Waals surface area contributed by atoms with Gasteiger partial charge in [0.1, 0.15) is 18.4 Å². The van der Waals surface area contributed by atoms with Gasteiger partial charge in [-0.1, -0.05) is 42.2 Å². The minimum Gasteiger partial charge on any atom is -0.490 e. The van der Waals surface area contributed by atoms with Crippen LogP contribution in [0.5, 0.6) is 5.75 Å². The number of hydrogen-bond acceptors (Lipinski definition) is 7. The van der Waals surface area contributed by atoms with Crippen LogP contribution in [0.1, 0.15) is 23.4 Å². The summed E-state index contributed by atoms with van der Waals surface area (Å²) >= 11 is 2.79. The molecule has 4 rings (SSSR count). The number of esters is 1. The molecule has 8 heteroatoms. The van der Waals surface area contributed by atoms with Crippen LogP contribution in [-0.4, -0.2) is 24.3 Å². The van der Waals surface area contributed by atoms with E-state index in [-0.39, 0.29) is 5.56 Å². The van der Waals surface area contributed by atoms with Crippen molar-refractivity contribution in [3.05, 3.63) is 95.8 Å². The standard InChI is InChI=1S/C23H20N2O4S2/c1-4-11-29-16-9-7-15(8-10-16)13-18-21(26)25-20(17-6-5-12-30-17)19(22(27)28-3)14(2)24-23(25)31-18/h4-10,12-13,20H,1,11H2,2-3H3/b18-13+/t20-/m1/s1. The van der Waals surface area contributed by atoms with Gasteiger partial charge in [-0.3, -0.25) is 9.36 Å². The van der Waals surface area contributed by atoms with E-state index in [0.29, 0.717) is 27.2 Å². The number of aromatic nitrogens is 1. The first kappa shape index (κ1) is 21.0. The quantitative estimate of drug-likeness (QED) is 0.426. The Morgan fingerprint density at radius 3 is 2.71 bits per heavy atom. The van der Waals surface area contributed by atoms with Gasteiger partial charge in [0.2, 0.25) is 0 Å². The van der Waals surface area contributed by atoms with E-state index in [1.165, 1.54) is 29.8 Å². The Hall–Kier alpha value is -3.23. The van der Waals surface area contributed by atoms with Crippen LogP contribution in [-0.2, 0) is 9.53 Å². The molecule has 0 fully saturated rings. The van der Waals surface area contributed by atoms with E-state index < -0.39 is 12.0 Å². The summed E-state index contributed by atoms with van der Waals surface area (Å²) in [6, 6.07) is 10.7. The number of carbonyl (C=O) groups is 1. The van der Waals surface area contributed by atoms with Gasteiger partial charge < -0.3 is 9.47 Å². The van der Waals surface area contributed by atoms with Crippen molar-refractivity contribution < 1.29 is 14.3 Å². The molecular formula is C23H20N2O4S2. The van der Waals surface area contributed by atoms with Gasteiger partial charge in [0, 0.05) is 4.88 Å². The van der Waals surface area contributed by atoms with E-state index in [4.69, 9.17) is 9.47 Å². The third-order valence-corrected chi connectivity index (χ3v) is 6.69. The van der Waals surface area contributed by atoms with E-state index in [2.05, 4.69) is 11.6 Å². The van der Waals surface area contributed by atoms with Crippen molar-refractivity contribution in [2.45, 2.75) is 13.0 Å². The Balaban J connectivity index is 1.83. The smallest absolute Gasteiger partial charge is 0.338 e. The molecule has 0 radical (unpaired) electrons. The molecule has 1 aliphatic rings. The van der Waals surface area contributed by atoms with Crippen molar-refractivity contribution in [1.29, 1.82) is 0 Å². The number of benzene rings is 1. The van der Waals surface area contributed by atoms with Crippen LogP contribution in [0.4, 0.5) is 0 Å². The number of hydrogen-bond donors (Lipinski definition) is 0. The lowest BCUT2D eigenvalue weighted by atomic mass is 10.0. The van der Waals surface area contributed by atoms with Crippen molar-refractivity contribution in [2.24, 2.45) is 4.99 Å². The molecule has 0 bridgehead atoms. The molecule has 0 spiro atoms. The predicted octanol–water partition coefficient (Wildman–Crippen LogP) is 3.03. The number of nitrogens with zero attached hydrogens (tertiary/aromatic N) is 2. The molecule has 1 aromatic carbocycles. The van der Waals surface area contributed by atoms with E-state index in [1.807, 2.05) is 47.9 Å². The fourth-order valence-corrected chi connectivity index (χ4v) is 5.25. The zero-order valence-electron chi connectivity index (χ0n) is 17.0. The van der Waals surface area contributed by atoms with Gasteiger partial charge in [0.15, 0.2) is 4.80 Å². The molecule has 158 valence electrons. The third kappa shape index (κ3) is 4.04. The highest BCUT2D eigenvalue weighted by Gasteiger charge is 2.33. The van der Waals surface area contributed by atoms with Crippen molar-refractivity contribution >= 4 is 34.7 Å². The van der Waals surface area contributed by atoms with E-state index in [1.54, 1.807) is 17.6 Å². The number of thiazole rings is 1. The lowest BCUT2D eigenvalue weighted by Crippen LogP contribution is -2.39. The lowest BCUT2D eigenvalue weighted by molar-refractivity contribution is -0.136. The van der Waals surface area contributed by atoms with Gasteiger partial charge in [-0.05, 0) is 42.1 Å². The van der Waals surface area contributed by atoms with Gasteiger partial charge in [0.05, 0.1) is 22.9 Å². The summed E-state index contributed by atoms with van der Waals surface area (Å²) in [6.45, 7) is 5.84. The summed E-state index contributed by atoms with van der Waals surface area (Å²) in [4.78, 5) is 31.9. The summed E-state index contributed by atoms with van der Waals surface area (Å²) in [5, 5.41) is 1.92. The molecule has 0 unspecified atom stereocenters. The molecule has 0 N–H and O–H groups in total. The Morgan fingerprint density at radius 1 is 1.29 bits per heavy atom. The van der Waals surface area contributed by atoms with E-state index in [0.717, 1.165) is 16.2 Å². The van der Waals surface area contributed by atoms with Crippen molar-refractivity contribution in [1.82, 2.24) is 4.57 Å². The molecule has 6 nitrogen and oxygen atoms in total. The van der Waals surface area contributed by atoms with E-state index >= 15 is 0 Å². The highest BCUT2D eigenvalue weighted by atomic mass is 32.1. The van der Waals surface area contributed by atoms with Crippen molar-refractivity contribution in [3.63, 3.8) is 0 Å². The Kier molecular flexibility index (Phi) is 6.01. The summed E-state index contributed by atoms with van der Waals surface area (Å²) in [5.74, 6) is 0.249. The number of thiophene rings is 1. The first-order valence-corrected chi connectivity index (χ1v) is 11.2. The first-order valence-electron chi connectivity index (χ1n) is 9.51. The first-order chi connectivity index (χ1) is 15.0. The number of allylic oxidation sites excluding steroid dienone is 1. The second-order valence-electron chi connectivity index (χ2n) is 6.76. The fraction of sp³-hybridized carbons (Fsp3) is 0.174. The van der Waals surface area contributed by atoms with Crippen LogP contribution in [0.3, 0.4) is 0 Å². The second-order valence-corrected chi connectivity index (χ2v) is 8.75. The molecule has 0 aliphatic carbocycles. The van der Waals surface area contributed by atoms with Crippen molar-refractivity contribution in [2.75, 3.05) is 13.7 Å². The highest BCUT2D eigenvalue weighted by Crippen LogP contribution is 2.32. The molecule has 0 saturated carbocycles. The average molecular weight is 453 g/mol. The maximum absolute atomic E-state index is 13.4. The largest absolute Gasteiger partial charge is 0.490 e. The number of ether oxygens (including phenoxy) is 2. The predicted molar refractivity (Wildman–Crippen MR) is 122 cm³/mol. The van der Waals surface area contributed by atoms with Crippen LogP contribution >= 0.6 is 22.7 Å². The van der Waals surface area contributed by atoms with Crippen LogP contribution in [0.2, 0.25) is 0 Å². The molecule has 31 heavy (non-hydrogen) atoms. The molecule has 1 atom stereocenters. The summed E-state index contributed by atoms with van der Waals surface area (Å²) in [6.07, 6.45) is 3.51. The maximum atomic E-state index is 13.4. The van der Waals surface area contributed by atoms with Crippen LogP contribution in [0, 0.1) is 0 Å². The molecule has 0 saturated heterocycles. The zero-order chi connectivity index (χ0) is 22.0. The minimum absolute atomic E-state index is 0.192. The van der Waals surface area contributed by atoms with Gasteiger partial charge in [-0.2, -0.15) is 0 Å². The van der Waals surface area contributed by atoms with Gasteiger partial charge in [-0.25, -0.2) is 9.79 Å². The molecule has 1 aliphatic heterocycles. The molecule has 2 aromatic heterocycles. The normalized spacial score (nSPS) is 15.9. The van der Waals surface area contributed by atoms with Crippen LogP contribution in [0.15, 0.2) is 75.5 Å². The second kappa shape index (κ2) is 8.87. The summed E-state index contributed by atoms with van der Waals surface area (Å²) in [7, 11) is 1.33. The highest BCUT2D eigenvalue weighted by molar-refractivity contribution is 7.10. The topological polar surface area (TPSA) is 69.9 Å². The SMILES string of the molecule is C=CCOc1ccc(/C=c2/sc3n(c2=O)[C@H](c2cccs2)C(C(=O)OC)=C(C)N=3)cc1. The van der Waals surface area contributed by atoms with Crippen molar-refractivity contribution in [3.8, 4) is 5.75 Å². The van der Waals surface area contributed by atoms with Crippen LogP contribution in [0.25, 0.3) is 6.08 Å². The number of methoxy groups -OCH3 is 1. The van der Waals surface area contributed by atoms with E-state index in [9.17, 15) is 9.59 Å². The minimum atomic E-state index is -0.555. The Bertz CT molecular complexity index is 1330. The number of rotatable bonds is 6. The summed E-state index contributed by atoms with van der Waals surface area (Å²) in [5.41, 5.74) is 1.62. The Labute approximate surface area is 186 Å². The number of carbonyl (C=O) groups excluding carboxylic acids is 1. The number of fused-ring (bicyclic) bond motifs is 1. The Morgan fingerprint density at radius 2 is 2.06 bits per heavy atom. The fourth-order valence-electron chi connectivity index (χ4n) is 3.38. The monoisotopic (exact) mass is 452 g/mol.